The van der Waals surface area contributed by atoms with Gasteiger partial charge in [0, 0.05) is 38.6 Å². The van der Waals surface area contributed by atoms with Crippen LogP contribution >= 0.6 is 0 Å². The summed E-state index contributed by atoms with van der Waals surface area (Å²) in [5.41, 5.74) is 1.38. The van der Waals surface area contributed by atoms with Crippen molar-refractivity contribution in [1.29, 1.82) is 0 Å². The number of rotatable bonds is 6. The molecule has 0 spiro atoms. The summed E-state index contributed by atoms with van der Waals surface area (Å²) in [6, 6.07) is 2.86. The van der Waals surface area contributed by atoms with Crippen LogP contribution in [-0.2, 0) is 17.8 Å². The van der Waals surface area contributed by atoms with E-state index in [0.29, 0.717) is 12.1 Å². The van der Waals surface area contributed by atoms with Gasteiger partial charge in [0.25, 0.3) is 0 Å². The molecule has 1 heterocycles. The van der Waals surface area contributed by atoms with Crippen LogP contribution in [0.15, 0.2) is 18.5 Å². The third-order valence-corrected chi connectivity index (χ3v) is 3.32. The van der Waals surface area contributed by atoms with E-state index in [0.717, 1.165) is 25.9 Å². The fraction of sp³-hybridized carbons (Fsp3) is 0.692. The number of ether oxygens (including phenoxy) is 1. The summed E-state index contributed by atoms with van der Waals surface area (Å²) in [6.07, 6.45) is 8.41. The molecule has 0 radical (unpaired) electrons. The van der Waals surface area contributed by atoms with E-state index in [4.69, 9.17) is 4.74 Å². The van der Waals surface area contributed by atoms with Crippen molar-refractivity contribution in [2.45, 2.75) is 51.4 Å². The molecule has 1 N–H and O–H groups in total. The predicted molar refractivity (Wildman–Crippen MR) is 65.4 cm³/mol. The quantitative estimate of drug-likeness (QED) is 0.798. The van der Waals surface area contributed by atoms with Crippen LogP contribution in [0.25, 0.3) is 0 Å². The molecule has 0 amide bonds. The minimum Gasteiger partial charge on any atom is -0.381 e. The molecular formula is C13H22N2O. The monoisotopic (exact) mass is 222 g/mol. The van der Waals surface area contributed by atoms with Crippen LogP contribution in [0.1, 0.15) is 31.7 Å². The fourth-order valence-electron chi connectivity index (χ4n) is 2.18. The Labute approximate surface area is 97.8 Å². The maximum absolute atomic E-state index is 5.26. The number of methoxy groups -OCH3 is 1. The molecule has 16 heavy (non-hydrogen) atoms. The number of aromatic nitrogens is 1. The van der Waals surface area contributed by atoms with Crippen molar-refractivity contribution in [3.8, 4) is 0 Å². The van der Waals surface area contributed by atoms with Gasteiger partial charge in [0.05, 0.1) is 6.10 Å². The molecule has 1 aromatic heterocycles. The van der Waals surface area contributed by atoms with Crippen LogP contribution in [-0.4, -0.2) is 23.8 Å². The highest BCUT2D eigenvalue weighted by molar-refractivity contribution is 5.10. The first-order valence-electron chi connectivity index (χ1n) is 6.22. The first-order valence-corrected chi connectivity index (χ1v) is 6.22. The minimum absolute atomic E-state index is 0.488. The molecule has 1 saturated carbocycles. The maximum Gasteiger partial charge on any atom is 0.0601 e. The van der Waals surface area contributed by atoms with Gasteiger partial charge in [-0.15, -0.1) is 0 Å². The number of aryl methyl sites for hydroxylation is 1. The zero-order valence-electron chi connectivity index (χ0n) is 10.3. The molecule has 1 fully saturated rings. The summed E-state index contributed by atoms with van der Waals surface area (Å²) in [7, 11) is 1.80. The SMILES string of the molecule is CCCn1ccc(CNC2CC(OC)C2)c1. The van der Waals surface area contributed by atoms with Gasteiger partial charge in [0.1, 0.15) is 0 Å². The van der Waals surface area contributed by atoms with E-state index in [1.165, 1.54) is 12.0 Å². The van der Waals surface area contributed by atoms with Gasteiger partial charge in [0.2, 0.25) is 0 Å². The number of nitrogens with one attached hydrogen (secondary N) is 1. The molecule has 1 aliphatic rings. The fourth-order valence-corrected chi connectivity index (χ4v) is 2.18. The first kappa shape index (κ1) is 11.7. The molecule has 0 saturated heterocycles. The van der Waals surface area contributed by atoms with Crippen molar-refractivity contribution in [3.05, 3.63) is 24.0 Å². The topological polar surface area (TPSA) is 26.2 Å². The highest BCUT2D eigenvalue weighted by atomic mass is 16.5. The van der Waals surface area contributed by atoms with E-state index < -0.39 is 0 Å². The van der Waals surface area contributed by atoms with Crippen LogP contribution in [0.4, 0.5) is 0 Å². The van der Waals surface area contributed by atoms with Crippen LogP contribution in [0.3, 0.4) is 0 Å². The van der Waals surface area contributed by atoms with Crippen LogP contribution in [0, 0.1) is 0 Å². The molecule has 1 aromatic rings. The molecule has 3 heteroatoms. The predicted octanol–water partition coefficient (Wildman–Crippen LogP) is 2.17. The molecule has 0 atom stereocenters. The van der Waals surface area contributed by atoms with E-state index >= 15 is 0 Å². The number of nitrogens with zero attached hydrogens (tertiary/aromatic N) is 1. The van der Waals surface area contributed by atoms with Gasteiger partial charge < -0.3 is 14.6 Å². The Morgan fingerprint density at radius 3 is 3.00 bits per heavy atom. The maximum atomic E-state index is 5.26. The second kappa shape index (κ2) is 5.51. The Kier molecular flexibility index (Phi) is 4.02. The van der Waals surface area contributed by atoms with Gasteiger partial charge in [-0.2, -0.15) is 0 Å². The molecule has 0 aliphatic heterocycles. The Hall–Kier alpha value is -0.800. The molecule has 0 bridgehead atoms. The summed E-state index contributed by atoms with van der Waals surface area (Å²) in [5.74, 6) is 0. The Bertz CT molecular complexity index is 315. The van der Waals surface area contributed by atoms with Crippen molar-refractivity contribution >= 4 is 0 Å². The number of hydrogen-bond acceptors (Lipinski definition) is 2. The lowest BCUT2D eigenvalue weighted by molar-refractivity contribution is 0.0170. The molecule has 2 rings (SSSR count). The van der Waals surface area contributed by atoms with Gasteiger partial charge >= 0.3 is 0 Å². The van der Waals surface area contributed by atoms with E-state index in [-0.39, 0.29) is 0 Å². The van der Waals surface area contributed by atoms with E-state index in [1.54, 1.807) is 7.11 Å². The summed E-state index contributed by atoms with van der Waals surface area (Å²) in [4.78, 5) is 0. The first-order chi connectivity index (χ1) is 7.81. The molecule has 1 aliphatic carbocycles. The highest BCUT2D eigenvalue weighted by Crippen LogP contribution is 2.22. The molecular weight excluding hydrogens is 200 g/mol. The summed E-state index contributed by atoms with van der Waals surface area (Å²) >= 11 is 0. The lowest BCUT2D eigenvalue weighted by Gasteiger charge is -2.34. The summed E-state index contributed by atoms with van der Waals surface area (Å²) < 4.78 is 7.52. The molecule has 3 nitrogen and oxygen atoms in total. The van der Waals surface area contributed by atoms with E-state index in [2.05, 4.69) is 35.3 Å². The van der Waals surface area contributed by atoms with Crippen molar-refractivity contribution < 1.29 is 4.74 Å². The van der Waals surface area contributed by atoms with Crippen LogP contribution in [0.2, 0.25) is 0 Å². The van der Waals surface area contributed by atoms with Gasteiger partial charge in [-0.1, -0.05) is 6.92 Å². The smallest absolute Gasteiger partial charge is 0.0601 e. The van der Waals surface area contributed by atoms with Crippen molar-refractivity contribution in [3.63, 3.8) is 0 Å². The number of hydrogen-bond donors (Lipinski definition) is 1. The van der Waals surface area contributed by atoms with E-state index in [9.17, 15) is 0 Å². The Morgan fingerprint density at radius 2 is 2.31 bits per heavy atom. The third-order valence-electron chi connectivity index (χ3n) is 3.32. The minimum atomic E-state index is 0.488. The molecule has 0 aromatic carbocycles. The van der Waals surface area contributed by atoms with Crippen LogP contribution in [0.5, 0.6) is 0 Å². The van der Waals surface area contributed by atoms with Crippen molar-refractivity contribution in [1.82, 2.24) is 9.88 Å². The Balaban J connectivity index is 1.69. The summed E-state index contributed by atoms with van der Waals surface area (Å²) in [5, 5.41) is 3.56. The second-order valence-corrected chi connectivity index (χ2v) is 4.66. The van der Waals surface area contributed by atoms with Crippen LogP contribution < -0.4 is 5.32 Å². The van der Waals surface area contributed by atoms with E-state index in [1.807, 2.05) is 0 Å². The highest BCUT2D eigenvalue weighted by Gasteiger charge is 2.28. The second-order valence-electron chi connectivity index (χ2n) is 4.66. The summed E-state index contributed by atoms with van der Waals surface area (Å²) in [6.45, 7) is 4.31. The van der Waals surface area contributed by atoms with Crippen molar-refractivity contribution in [2.75, 3.05) is 7.11 Å². The molecule has 0 unspecified atom stereocenters. The average molecular weight is 222 g/mol. The molecule has 90 valence electrons. The zero-order chi connectivity index (χ0) is 11.4. The largest absolute Gasteiger partial charge is 0.381 e. The van der Waals surface area contributed by atoms with Crippen molar-refractivity contribution in [2.24, 2.45) is 0 Å². The standard InChI is InChI=1S/C13H22N2O/c1-3-5-15-6-4-11(10-15)9-14-12-7-13(8-12)16-2/h4,6,10,12-14H,3,5,7-9H2,1-2H3. The van der Waals surface area contributed by atoms with Gasteiger partial charge in [-0.3, -0.25) is 0 Å². The third kappa shape index (κ3) is 2.86. The zero-order valence-corrected chi connectivity index (χ0v) is 10.3. The lowest BCUT2D eigenvalue weighted by Crippen LogP contribution is -2.44. The Morgan fingerprint density at radius 1 is 1.50 bits per heavy atom. The normalized spacial score (nSPS) is 24.4. The lowest BCUT2D eigenvalue weighted by atomic mass is 9.89. The average Bonchev–Trinajstić information content (AvgIpc) is 2.64. The van der Waals surface area contributed by atoms with Gasteiger partial charge in [0.15, 0.2) is 0 Å². The van der Waals surface area contributed by atoms with Gasteiger partial charge in [-0.25, -0.2) is 0 Å². The van der Waals surface area contributed by atoms with Gasteiger partial charge in [-0.05, 0) is 30.9 Å².